The van der Waals surface area contributed by atoms with Crippen LogP contribution in [0.5, 0.6) is 0 Å². The van der Waals surface area contributed by atoms with Crippen molar-refractivity contribution in [1.29, 1.82) is 0 Å². The van der Waals surface area contributed by atoms with Gasteiger partial charge in [-0.15, -0.1) is 0 Å². The Morgan fingerprint density at radius 3 is 2.58 bits per heavy atom. The van der Waals surface area contributed by atoms with Crippen LogP contribution >= 0.6 is 0 Å². The van der Waals surface area contributed by atoms with Gasteiger partial charge in [-0.1, -0.05) is 6.42 Å². The van der Waals surface area contributed by atoms with Crippen LogP contribution in [0.25, 0.3) is 0 Å². The van der Waals surface area contributed by atoms with Gasteiger partial charge >= 0.3 is 6.18 Å². The highest BCUT2D eigenvalue weighted by molar-refractivity contribution is 5.67. The standard InChI is InChI=1S/C13H18F3N3/c1-2-19(8-9-4-3-5-9)11-6-12(13(14,15)16)18-7-10(11)17/h6-7,9H,2-5,8,17H2,1H3. The summed E-state index contributed by atoms with van der Waals surface area (Å²) in [5.74, 6) is 0.571. The van der Waals surface area contributed by atoms with Crippen LogP contribution in [-0.4, -0.2) is 18.1 Å². The minimum atomic E-state index is -4.43. The molecule has 0 atom stereocenters. The highest BCUT2D eigenvalue weighted by Crippen LogP contribution is 2.34. The molecule has 1 aliphatic rings. The van der Waals surface area contributed by atoms with Crippen molar-refractivity contribution in [2.75, 3.05) is 23.7 Å². The molecule has 1 aromatic rings. The van der Waals surface area contributed by atoms with Gasteiger partial charge in [0, 0.05) is 13.1 Å². The fourth-order valence-electron chi connectivity index (χ4n) is 2.27. The minimum Gasteiger partial charge on any atom is -0.396 e. The number of anilines is 2. The van der Waals surface area contributed by atoms with Crippen molar-refractivity contribution < 1.29 is 13.2 Å². The Morgan fingerprint density at radius 2 is 2.11 bits per heavy atom. The summed E-state index contributed by atoms with van der Waals surface area (Å²) in [4.78, 5) is 5.28. The maximum Gasteiger partial charge on any atom is 0.433 e. The summed E-state index contributed by atoms with van der Waals surface area (Å²) >= 11 is 0. The lowest BCUT2D eigenvalue weighted by molar-refractivity contribution is -0.141. The Kier molecular flexibility index (Phi) is 3.87. The van der Waals surface area contributed by atoms with Crippen molar-refractivity contribution in [2.24, 2.45) is 5.92 Å². The summed E-state index contributed by atoms with van der Waals surface area (Å²) in [5, 5.41) is 0. The molecule has 1 saturated carbocycles. The Labute approximate surface area is 110 Å². The van der Waals surface area contributed by atoms with Crippen LogP contribution in [0.2, 0.25) is 0 Å². The summed E-state index contributed by atoms with van der Waals surface area (Å²) in [6.07, 6.45) is 0.170. The number of aromatic nitrogens is 1. The van der Waals surface area contributed by atoms with Crippen LogP contribution in [0, 0.1) is 5.92 Å². The molecule has 2 N–H and O–H groups in total. The number of nitrogen functional groups attached to an aromatic ring is 1. The Balaban J connectivity index is 2.24. The molecule has 0 aliphatic heterocycles. The fraction of sp³-hybridized carbons (Fsp3) is 0.615. The third-order valence-electron chi connectivity index (χ3n) is 3.63. The van der Waals surface area contributed by atoms with E-state index in [4.69, 9.17) is 5.73 Å². The van der Waals surface area contributed by atoms with Crippen molar-refractivity contribution in [3.05, 3.63) is 18.0 Å². The van der Waals surface area contributed by atoms with Crippen molar-refractivity contribution >= 4 is 11.4 Å². The molecule has 0 spiro atoms. The second kappa shape index (κ2) is 5.27. The van der Waals surface area contributed by atoms with Gasteiger partial charge in [-0.3, -0.25) is 0 Å². The monoisotopic (exact) mass is 273 g/mol. The van der Waals surface area contributed by atoms with Crippen LogP contribution in [0.4, 0.5) is 24.5 Å². The Morgan fingerprint density at radius 1 is 1.42 bits per heavy atom. The summed E-state index contributed by atoms with van der Waals surface area (Å²) in [7, 11) is 0. The lowest BCUT2D eigenvalue weighted by Crippen LogP contribution is -2.33. The molecule has 0 bridgehead atoms. The van der Waals surface area contributed by atoms with E-state index in [0.29, 0.717) is 23.8 Å². The van der Waals surface area contributed by atoms with E-state index in [1.807, 2.05) is 11.8 Å². The third-order valence-corrected chi connectivity index (χ3v) is 3.63. The number of halogens is 3. The van der Waals surface area contributed by atoms with Crippen LogP contribution in [0.15, 0.2) is 12.3 Å². The van der Waals surface area contributed by atoms with Crippen molar-refractivity contribution in [3.8, 4) is 0 Å². The molecule has 6 heteroatoms. The molecule has 106 valence electrons. The number of hydrogen-bond acceptors (Lipinski definition) is 3. The van der Waals surface area contributed by atoms with Gasteiger partial charge in [0.2, 0.25) is 0 Å². The number of pyridine rings is 1. The van der Waals surface area contributed by atoms with E-state index in [-0.39, 0.29) is 0 Å². The summed E-state index contributed by atoms with van der Waals surface area (Å²) < 4.78 is 38.1. The molecule has 19 heavy (non-hydrogen) atoms. The van der Waals surface area contributed by atoms with E-state index in [1.165, 1.54) is 6.42 Å². The number of nitrogens with two attached hydrogens (primary N) is 1. The first-order chi connectivity index (χ1) is 8.91. The molecule has 0 radical (unpaired) electrons. The van der Waals surface area contributed by atoms with E-state index in [1.54, 1.807) is 0 Å². The van der Waals surface area contributed by atoms with E-state index >= 15 is 0 Å². The maximum absolute atomic E-state index is 12.7. The SMILES string of the molecule is CCN(CC1CCC1)c1cc(C(F)(F)F)ncc1N. The first-order valence-electron chi connectivity index (χ1n) is 6.49. The zero-order valence-corrected chi connectivity index (χ0v) is 10.9. The van der Waals surface area contributed by atoms with Crippen molar-refractivity contribution in [1.82, 2.24) is 4.98 Å². The summed E-state index contributed by atoms with van der Waals surface area (Å²) in [6, 6.07) is 1.05. The van der Waals surface area contributed by atoms with E-state index in [9.17, 15) is 13.2 Å². The zero-order chi connectivity index (χ0) is 14.0. The molecule has 1 heterocycles. The fourth-order valence-corrected chi connectivity index (χ4v) is 2.27. The molecule has 3 nitrogen and oxygen atoms in total. The lowest BCUT2D eigenvalue weighted by Gasteiger charge is -2.33. The minimum absolute atomic E-state index is 0.300. The van der Waals surface area contributed by atoms with Crippen LogP contribution < -0.4 is 10.6 Å². The van der Waals surface area contributed by atoms with Crippen molar-refractivity contribution in [3.63, 3.8) is 0 Å². The molecule has 1 aliphatic carbocycles. The largest absolute Gasteiger partial charge is 0.433 e. The highest BCUT2D eigenvalue weighted by atomic mass is 19.4. The van der Waals surface area contributed by atoms with Gasteiger partial charge < -0.3 is 10.6 Å². The topological polar surface area (TPSA) is 42.2 Å². The predicted octanol–water partition coefficient (Wildman–Crippen LogP) is 3.31. The highest BCUT2D eigenvalue weighted by Gasteiger charge is 2.33. The summed E-state index contributed by atoms with van der Waals surface area (Å²) in [5.41, 5.74) is 5.63. The van der Waals surface area contributed by atoms with Gasteiger partial charge in [-0.25, -0.2) is 4.98 Å². The maximum atomic E-state index is 12.7. The van der Waals surface area contributed by atoms with Crippen LogP contribution in [0.1, 0.15) is 31.9 Å². The average molecular weight is 273 g/mol. The van der Waals surface area contributed by atoms with Crippen LogP contribution in [0.3, 0.4) is 0 Å². The van der Waals surface area contributed by atoms with Gasteiger partial charge in [-0.2, -0.15) is 13.2 Å². The van der Waals surface area contributed by atoms with Gasteiger partial charge in [0.1, 0.15) is 5.69 Å². The van der Waals surface area contributed by atoms with Gasteiger partial charge in [0.15, 0.2) is 0 Å². The number of alkyl halides is 3. The Hall–Kier alpha value is -1.46. The van der Waals surface area contributed by atoms with Crippen molar-refractivity contribution in [2.45, 2.75) is 32.4 Å². The molecule has 1 aromatic heterocycles. The quantitative estimate of drug-likeness (QED) is 0.915. The van der Waals surface area contributed by atoms with Gasteiger partial charge in [0.25, 0.3) is 0 Å². The molecule has 0 unspecified atom stereocenters. The lowest BCUT2D eigenvalue weighted by atomic mass is 9.85. The average Bonchev–Trinajstić information content (AvgIpc) is 2.28. The molecule has 1 fully saturated rings. The number of nitrogens with zero attached hydrogens (tertiary/aromatic N) is 2. The third kappa shape index (κ3) is 3.11. The Bertz CT molecular complexity index is 441. The van der Waals surface area contributed by atoms with E-state index in [0.717, 1.165) is 31.6 Å². The molecule has 0 amide bonds. The van der Waals surface area contributed by atoms with Crippen LogP contribution in [-0.2, 0) is 6.18 Å². The molecular formula is C13H18F3N3. The molecular weight excluding hydrogens is 255 g/mol. The second-order valence-corrected chi connectivity index (χ2v) is 4.96. The van der Waals surface area contributed by atoms with Gasteiger partial charge in [0.05, 0.1) is 17.6 Å². The molecule has 0 saturated heterocycles. The van der Waals surface area contributed by atoms with E-state index in [2.05, 4.69) is 4.98 Å². The summed E-state index contributed by atoms with van der Waals surface area (Å²) in [6.45, 7) is 3.33. The zero-order valence-electron chi connectivity index (χ0n) is 10.9. The first-order valence-corrected chi connectivity index (χ1v) is 6.49. The normalized spacial score (nSPS) is 16.2. The van der Waals surface area contributed by atoms with Gasteiger partial charge in [-0.05, 0) is 31.7 Å². The number of hydrogen-bond donors (Lipinski definition) is 1. The molecule has 0 aromatic carbocycles. The second-order valence-electron chi connectivity index (χ2n) is 4.96. The predicted molar refractivity (Wildman–Crippen MR) is 68.9 cm³/mol. The smallest absolute Gasteiger partial charge is 0.396 e. The van der Waals surface area contributed by atoms with E-state index < -0.39 is 11.9 Å². The molecule has 2 rings (SSSR count). The number of rotatable bonds is 4. The first kappa shape index (κ1) is 14.0.